The van der Waals surface area contributed by atoms with E-state index in [0.717, 1.165) is 21.3 Å². The van der Waals surface area contributed by atoms with E-state index >= 15 is 0 Å². The second kappa shape index (κ2) is 6.29. The fourth-order valence-corrected chi connectivity index (χ4v) is 2.23. The molecule has 4 nitrogen and oxygen atoms in total. The summed E-state index contributed by atoms with van der Waals surface area (Å²) in [5.74, 6) is -0.182. The van der Waals surface area contributed by atoms with Gasteiger partial charge in [0.1, 0.15) is 6.07 Å². The Hall–Kier alpha value is -2.19. The molecule has 0 atom stereocenters. The van der Waals surface area contributed by atoms with E-state index in [9.17, 15) is 10.1 Å². The molecule has 1 aromatic carbocycles. The van der Waals surface area contributed by atoms with Gasteiger partial charge in [-0.1, -0.05) is 48.8 Å². The molecule has 22 heavy (non-hydrogen) atoms. The van der Waals surface area contributed by atoms with E-state index in [1.807, 2.05) is 30.3 Å². The predicted molar refractivity (Wildman–Crippen MR) is 89.8 cm³/mol. The predicted octanol–water partition coefficient (Wildman–Crippen LogP) is 4.36. The van der Waals surface area contributed by atoms with E-state index in [0.29, 0.717) is 0 Å². The summed E-state index contributed by atoms with van der Waals surface area (Å²) in [5.41, 5.74) is 1.97. The lowest BCUT2D eigenvalue weighted by Crippen LogP contribution is -2.21. The second-order valence-corrected chi connectivity index (χ2v) is 6.87. The van der Waals surface area contributed by atoms with Crippen molar-refractivity contribution in [3.63, 3.8) is 0 Å². The van der Waals surface area contributed by atoms with Crippen LogP contribution >= 0.6 is 15.9 Å². The minimum atomic E-state index is -0.594. The highest BCUT2D eigenvalue weighted by Crippen LogP contribution is 2.26. The van der Waals surface area contributed by atoms with Gasteiger partial charge >= 0.3 is 0 Å². The highest BCUT2D eigenvalue weighted by atomic mass is 79.9. The van der Waals surface area contributed by atoms with Crippen LogP contribution in [0.25, 0.3) is 17.3 Å². The standard InChI is InChI=1S/C17H16BrN3O/c1-17(2,3)16(22)12(9-19)8-13-10-20-21-15(13)11-4-6-14(18)7-5-11/h4-8,10H,1-3H3,(H,20,21)/b12-8+. The van der Waals surface area contributed by atoms with E-state index in [-0.39, 0.29) is 11.4 Å². The molecule has 0 spiro atoms. The minimum Gasteiger partial charge on any atom is -0.293 e. The summed E-state index contributed by atoms with van der Waals surface area (Å²) in [5, 5.41) is 16.2. The molecular formula is C17H16BrN3O. The number of allylic oxidation sites excluding steroid dienone is 1. The van der Waals surface area contributed by atoms with Gasteiger partial charge in [-0.05, 0) is 18.2 Å². The van der Waals surface area contributed by atoms with Crippen molar-refractivity contribution in [2.45, 2.75) is 20.8 Å². The van der Waals surface area contributed by atoms with E-state index in [1.165, 1.54) is 0 Å². The Bertz CT molecular complexity index is 758. The molecular weight excluding hydrogens is 342 g/mol. The summed E-state index contributed by atoms with van der Waals surface area (Å²) >= 11 is 3.39. The van der Waals surface area contributed by atoms with Gasteiger partial charge in [-0.2, -0.15) is 10.4 Å². The summed E-state index contributed by atoms with van der Waals surface area (Å²) in [7, 11) is 0. The number of nitriles is 1. The molecule has 0 bridgehead atoms. The Kier molecular flexibility index (Phi) is 4.62. The molecule has 0 unspecified atom stereocenters. The third-order valence-corrected chi connectivity index (χ3v) is 3.68. The molecule has 1 aromatic heterocycles. The zero-order valence-electron chi connectivity index (χ0n) is 12.6. The number of H-pyrrole nitrogens is 1. The first-order valence-corrected chi connectivity index (χ1v) is 7.58. The normalized spacial score (nSPS) is 12.0. The van der Waals surface area contributed by atoms with Crippen LogP contribution in [0.4, 0.5) is 0 Å². The molecule has 0 fully saturated rings. The molecule has 0 amide bonds. The van der Waals surface area contributed by atoms with Crippen molar-refractivity contribution in [2.24, 2.45) is 5.41 Å². The molecule has 0 aliphatic heterocycles. The molecule has 0 saturated heterocycles. The van der Waals surface area contributed by atoms with Gasteiger partial charge < -0.3 is 0 Å². The van der Waals surface area contributed by atoms with Crippen LogP contribution in [0.2, 0.25) is 0 Å². The van der Waals surface area contributed by atoms with Crippen molar-refractivity contribution in [2.75, 3.05) is 0 Å². The third-order valence-electron chi connectivity index (χ3n) is 3.15. The summed E-state index contributed by atoms with van der Waals surface area (Å²) in [6, 6.07) is 9.72. The second-order valence-electron chi connectivity index (χ2n) is 5.96. The molecule has 0 saturated carbocycles. The molecule has 5 heteroatoms. The van der Waals surface area contributed by atoms with Crippen molar-refractivity contribution in [3.05, 3.63) is 46.1 Å². The van der Waals surface area contributed by atoms with Crippen LogP contribution in [-0.4, -0.2) is 16.0 Å². The fourth-order valence-electron chi connectivity index (χ4n) is 1.96. The molecule has 1 N–H and O–H groups in total. The summed E-state index contributed by atoms with van der Waals surface area (Å²) < 4.78 is 0.980. The van der Waals surface area contributed by atoms with Gasteiger partial charge in [-0.3, -0.25) is 9.89 Å². The SMILES string of the molecule is CC(C)(C)C(=O)/C(C#N)=C/c1cn[nH]c1-c1ccc(Br)cc1. The van der Waals surface area contributed by atoms with Crippen LogP contribution in [0.3, 0.4) is 0 Å². The number of nitrogens with zero attached hydrogens (tertiary/aromatic N) is 2. The van der Waals surface area contributed by atoms with E-state index < -0.39 is 5.41 Å². The van der Waals surface area contributed by atoms with Crippen molar-refractivity contribution in [1.29, 1.82) is 5.26 Å². The number of rotatable bonds is 3. The first-order valence-electron chi connectivity index (χ1n) is 6.79. The van der Waals surface area contributed by atoms with Crippen LogP contribution < -0.4 is 0 Å². The average molecular weight is 358 g/mol. The van der Waals surface area contributed by atoms with E-state index in [1.54, 1.807) is 33.0 Å². The number of benzene rings is 1. The molecule has 1 heterocycles. The van der Waals surface area contributed by atoms with Gasteiger partial charge in [0.05, 0.1) is 17.5 Å². The fraction of sp³-hybridized carbons (Fsp3) is 0.235. The highest BCUT2D eigenvalue weighted by Gasteiger charge is 2.25. The Labute approximate surface area is 138 Å². The number of hydrogen-bond acceptors (Lipinski definition) is 3. The molecule has 0 aliphatic rings. The first kappa shape index (κ1) is 16.2. The largest absolute Gasteiger partial charge is 0.293 e. The van der Waals surface area contributed by atoms with Crippen LogP contribution in [-0.2, 0) is 4.79 Å². The number of carbonyl (C=O) groups is 1. The number of hydrogen-bond donors (Lipinski definition) is 1. The molecule has 2 rings (SSSR count). The van der Waals surface area contributed by atoms with Gasteiger partial charge in [-0.15, -0.1) is 0 Å². The van der Waals surface area contributed by atoms with Crippen LogP contribution in [0.1, 0.15) is 26.3 Å². The Morgan fingerprint density at radius 3 is 2.50 bits per heavy atom. The maximum atomic E-state index is 12.3. The van der Waals surface area contributed by atoms with Gasteiger partial charge in [0.15, 0.2) is 5.78 Å². The quantitative estimate of drug-likeness (QED) is 0.655. The van der Waals surface area contributed by atoms with Crippen LogP contribution in [0, 0.1) is 16.7 Å². The maximum absolute atomic E-state index is 12.3. The van der Waals surface area contributed by atoms with Crippen LogP contribution in [0.15, 0.2) is 40.5 Å². The lowest BCUT2D eigenvalue weighted by Gasteiger charge is -2.15. The van der Waals surface area contributed by atoms with Gasteiger partial charge in [-0.25, -0.2) is 0 Å². The zero-order valence-corrected chi connectivity index (χ0v) is 14.2. The smallest absolute Gasteiger partial charge is 0.178 e. The molecule has 0 radical (unpaired) electrons. The lowest BCUT2D eigenvalue weighted by atomic mass is 9.86. The molecule has 0 aliphatic carbocycles. The number of aromatic amines is 1. The Morgan fingerprint density at radius 1 is 1.32 bits per heavy atom. The van der Waals surface area contributed by atoms with E-state index in [2.05, 4.69) is 26.1 Å². The summed E-state index contributed by atoms with van der Waals surface area (Å²) in [6.45, 7) is 5.39. The number of halogens is 1. The molecule has 2 aromatic rings. The van der Waals surface area contributed by atoms with Crippen LogP contribution in [0.5, 0.6) is 0 Å². The number of carbonyl (C=O) groups excluding carboxylic acids is 1. The zero-order chi connectivity index (χ0) is 16.3. The van der Waals surface area contributed by atoms with Crippen molar-refractivity contribution in [1.82, 2.24) is 10.2 Å². The Balaban J connectivity index is 2.45. The maximum Gasteiger partial charge on any atom is 0.178 e. The summed E-state index contributed by atoms with van der Waals surface area (Å²) in [4.78, 5) is 12.3. The van der Waals surface area contributed by atoms with Gasteiger partial charge in [0.25, 0.3) is 0 Å². The van der Waals surface area contributed by atoms with Crippen molar-refractivity contribution >= 4 is 27.8 Å². The minimum absolute atomic E-state index is 0.132. The monoisotopic (exact) mass is 357 g/mol. The van der Waals surface area contributed by atoms with Crippen molar-refractivity contribution in [3.8, 4) is 17.3 Å². The Morgan fingerprint density at radius 2 is 1.95 bits per heavy atom. The van der Waals surface area contributed by atoms with Gasteiger partial charge in [0.2, 0.25) is 0 Å². The van der Waals surface area contributed by atoms with E-state index in [4.69, 9.17) is 0 Å². The van der Waals surface area contributed by atoms with Crippen molar-refractivity contribution < 1.29 is 4.79 Å². The highest BCUT2D eigenvalue weighted by molar-refractivity contribution is 9.10. The molecule has 112 valence electrons. The van der Waals surface area contributed by atoms with Gasteiger partial charge in [0, 0.05) is 21.0 Å². The number of ketones is 1. The first-order chi connectivity index (χ1) is 10.3. The topological polar surface area (TPSA) is 69.5 Å². The average Bonchev–Trinajstić information content (AvgIpc) is 2.92. The number of aromatic nitrogens is 2. The summed E-state index contributed by atoms with van der Waals surface area (Å²) in [6.07, 6.45) is 3.21. The number of Topliss-reactive ketones (excluding diaryl/α,β-unsaturated/α-hetero) is 1. The third kappa shape index (κ3) is 3.52. The number of nitrogens with one attached hydrogen (secondary N) is 1. The lowest BCUT2D eigenvalue weighted by molar-refractivity contribution is -0.121.